The smallest absolute Gasteiger partial charge is 0.148 e. The lowest BCUT2D eigenvalue weighted by Gasteiger charge is -2.08. The predicted molar refractivity (Wildman–Crippen MR) is 77.8 cm³/mol. The molecule has 2 N–H and O–H groups in total. The van der Waals surface area contributed by atoms with Gasteiger partial charge in [-0.15, -0.1) is 0 Å². The van der Waals surface area contributed by atoms with Crippen LogP contribution in [0.15, 0.2) is 45.5 Å². The van der Waals surface area contributed by atoms with E-state index in [1.54, 1.807) is 6.20 Å². The molecular weight excluding hydrogens is 306 g/mol. The van der Waals surface area contributed by atoms with Gasteiger partial charge in [-0.05, 0) is 28.1 Å². The van der Waals surface area contributed by atoms with E-state index in [9.17, 15) is 0 Å². The van der Waals surface area contributed by atoms with Gasteiger partial charge in [0.1, 0.15) is 17.2 Å². The van der Waals surface area contributed by atoms with E-state index in [4.69, 9.17) is 10.2 Å². The third-order valence-corrected chi connectivity index (χ3v) is 3.83. The van der Waals surface area contributed by atoms with Crippen molar-refractivity contribution in [2.75, 3.05) is 0 Å². The number of para-hydroxylation sites is 1. The molecule has 1 aromatic carbocycles. The molecule has 4 nitrogen and oxygen atoms in total. The third kappa shape index (κ3) is 2.31. The molecule has 0 radical (unpaired) electrons. The Morgan fingerprint density at radius 1 is 1.47 bits per heavy atom. The van der Waals surface area contributed by atoms with Crippen molar-refractivity contribution in [3.63, 3.8) is 0 Å². The zero-order chi connectivity index (χ0) is 13.4. The molecule has 1 unspecified atom stereocenters. The second-order valence-electron chi connectivity index (χ2n) is 4.57. The summed E-state index contributed by atoms with van der Waals surface area (Å²) in [5.41, 5.74) is 7.05. The van der Waals surface area contributed by atoms with Gasteiger partial charge < -0.3 is 14.7 Å². The molecule has 0 aliphatic rings. The molecule has 1 atom stereocenters. The molecule has 0 aliphatic carbocycles. The minimum absolute atomic E-state index is 0.194. The van der Waals surface area contributed by atoms with Crippen LogP contribution in [-0.4, -0.2) is 9.55 Å². The predicted octanol–water partition coefficient (Wildman–Crippen LogP) is 3.17. The normalized spacial score (nSPS) is 13.0. The first-order valence-electron chi connectivity index (χ1n) is 6.05. The second kappa shape index (κ2) is 4.83. The number of imidazole rings is 1. The third-order valence-electron chi connectivity index (χ3n) is 3.20. The Balaban J connectivity index is 1.91. The van der Waals surface area contributed by atoms with Crippen molar-refractivity contribution in [3.8, 4) is 0 Å². The fourth-order valence-electron chi connectivity index (χ4n) is 2.12. The fraction of sp³-hybridized carbons (Fsp3) is 0.214. The summed E-state index contributed by atoms with van der Waals surface area (Å²) in [4.78, 5) is 4.28. The van der Waals surface area contributed by atoms with Crippen LogP contribution < -0.4 is 5.73 Å². The van der Waals surface area contributed by atoms with E-state index in [1.807, 2.05) is 42.1 Å². The molecule has 0 spiro atoms. The van der Waals surface area contributed by atoms with Gasteiger partial charge >= 0.3 is 0 Å². The van der Waals surface area contributed by atoms with Gasteiger partial charge in [0.15, 0.2) is 0 Å². The Hall–Kier alpha value is -1.59. The Morgan fingerprint density at radius 2 is 2.32 bits per heavy atom. The summed E-state index contributed by atoms with van der Waals surface area (Å²) in [5, 5.41) is 1.06. The number of hydrogen-bond acceptors (Lipinski definition) is 3. The van der Waals surface area contributed by atoms with Crippen molar-refractivity contribution in [3.05, 3.63) is 52.7 Å². The van der Waals surface area contributed by atoms with Crippen molar-refractivity contribution < 1.29 is 4.42 Å². The lowest BCUT2D eigenvalue weighted by Crippen LogP contribution is -2.15. The van der Waals surface area contributed by atoms with E-state index < -0.39 is 0 Å². The SMILES string of the molecule is Cn1ccnc1CC(N)c1cc2cccc(Br)c2o1. The number of furan rings is 1. The number of nitrogens with zero attached hydrogens (tertiary/aromatic N) is 2. The van der Waals surface area contributed by atoms with Crippen LogP contribution in [0.1, 0.15) is 17.6 Å². The summed E-state index contributed by atoms with van der Waals surface area (Å²) in [7, 11) is 1.96. The number of hydrogen-bond donors (Lipinski definition) is 1. The molecule has 0 fully saturated rings. The first-order valence-corrected chi connectivity index (χ1v) is 6.84. The van der Waals surface area contributed by atoms with Crippen molar-refractivity contribution in [2.45, 2.75) is 12.5 Å². The number of aryl methyl sites for hydroxylation is 1. The number of nitrogens with two attached hydrogens (primary N) is 1. The minimum atomic E-state index is -0.194. The quantitative estimate of drug-likeness (QED) is 0.806. The van der Waals surface area contributed by atoms with Crippen LogP contribution in [0.25, 0.3) is 11.0 Å². The first kappa shape index (κ1) is 12.4. The van der Waals surface area contributed by atoms with Crippen LogP contribution in [0.5, 0.6) is 0 Å². The number of halogens is 1. The van der Waals surface area contributed by atoms with Gasteiger partial charge in [0.25, 0.3) is 0 Å². The van der Waals surface area contributed by atoms with E-state index in [2.05, 4.69) is 20.9 Å². The maximum Gasteiger partial charge on any atom is 0.148 e. The molecule has 0 amide bonds. The molecule has 0 saturated heterocycles. The Kier molecular flexibility index (Phi) is 3.16. The Labute approximate surface area is 119 Å². The number of benzene rings is 1. The number of fused-ring (bicyclic) bond motifs is 1. The molecule has 0 aliphatic heterocycles. The van der Waals surface area contributed by atoms with Gasteiger partial charge in [-0.3, -0.25) is 0 Å². The molecule has 2 aromatic heterocycles. The first-order chi connectivity index (χ1) is 9.15. The van der Waals surface area contributed by atoms with Crippen LogP contribution in [0.4, 0.5) is 0 Å². The highest BCUT2D eigenvalue weighted by molar-refractivity contribution is 9.10. The molecule has 19 heavy (non-hydrogen) atoms. The van der Waals surface area contributed by atoms with Crippen LogP contribution in [-0.2, 0) is 13.5 Å². The molecule has 2 heterocycles. The van der Waals surface area contributed by atoms with E-state index in [1.165, 1.54) is 0 Å². The van der Waals surface area contributed by atoms with Gasteiger partial charge in [0, 0.05) is 31.2 Å². The Morgan fingerprint density at radius 3 is 3.00 bits per heavy atom. The molecule has 3 aromatic rings. The van der Waals surface area contributed by atoms with E-state index >= 15 is 0 Å². The average molecular weight is 320 g/mol. The fourth-order valence-corrected chi connectivity index (χ4v) is 2.58. The Bertz CT molecular complexity index is 716. The molecular formula is C14H14BrN3O. The highest BCUT2D eigenvalue weighted by atomic mass is 79.9. The monoisotopic (exact) mass is 319 g/mol. The highest BCUT2D eigenvalue weighted by Gasteiger charge is 2.15. The molecule has 0 saturated carbocycles. The minimum Gasteiger partial charge on any atom is -0.458 e. The lowest BCUT2D eigenvalue weighted by atomic mass is 10.1. The maximum absolute atomic E-state index is 6.21. The lowest BCUT2D eigenvalue weighted by molar-refractivity contribution is 0.485. The summed E-state index contributed by atoms with van der Waals surface area (Å²) in [6, 6.07) is 7.75. The molecule has 3 rings (SSSR count). The van der Waals surface area contributed by atoms with Crippen LogP contribution in [0.2, 0.25) is 0 Å². The van der Waals surface area contributed by atoms with Gasteiger partial charge in [0.2, 0.25) is 0 Å². The summed E-state index contributed by atoms with van der Waals surface area (Å²) < 4.78 is 8.76. The average Bonchev–Trinajstić information content (AvgIpc) is 2.97. The second-order valence-corrected chi connectivity index (χ2v) is 5.43. The highest BCUT2D eigenvalue weighted by Crippen LogP contribution is 2.29. The van der Waals surface area contributed by atoms with E-state index in [-0.39, 0.29) is 6.04 Å². The van der Waals surface area contributed by atoms with Crippen molar-refractivity contribution in [2.24, 2.45) is 12.8 Å². The maximum atomic E-state index is 6.21. The van der Waals surface area contributed by atoms with Crippen LogP contribution >= 0.6 is 15.9 Å². The van der Waals surface area contributed by atoms with Gasteiger partial charge in [-0.25, -0.2) is 4.98 Å². The summed E-state index contributed by atoms with van der Waals surface area (Å²) >= 11 is 3.48. The van der Waals surface area contributed by atoms with Gasteiger partial charge in [0.05, 0.1) is 10.5 Å². The van der Waals surface area contributed by atoms with E-state index in [0.717, 1.165) is 27.0 Å². The summed E-state index contributed by atoms with van der Waals surface area (Å²) in [6.07, 6.45) is 4.34. The molecule has 0 bridgehead atoms. The largest absolute Gasteiger partial charge is 0.458 e. The zero-order valence-electron chi connectivity index (χ0n) is 10.5. The summed E-state index contributed by atoms with van der Waals surface area (Å²) in [6.45, 7) is 0. The molecule has 5 heteroatoms. The number of aromatic nitrogens is 2. The topological polar surface area (TPSA) is 57.0 Å². The van der Waals surface area contributed by atoms with Crippen LogP contribution in [0, 0.1) is 0 Å². The van der Waals surface area contributed by atoms with Crippen LogP contribution in [0.3, 0.4) is 0 Å². The summed E-state index contributed by atoms with van der Waals surface area (Å²) in [5.74, 6) is 1.73. The van der Waals surface area contributed by atoms with Gasteiger partial charge in [-0.2, -0.15) is 0 Å². The van der Waals surface area contributed by atoms with E-state index in [0.29, 0.717) is 6.42 Å². The van der Waals surface area contributed by atoms with Crippen molar-refractivity contribution >= 4 is 26.9 Å². The zero-order valence-corrected chi connectivity index (χ0v) is 12.1. The molecule has 98 valence electrons. The van der Waals surface area contributed by atoms with Crippen molar-refractivity contribution in [1.82, 2.24) is 9.55 Å². The standard InChI is InChI=1S/C14H14BrN3O/c1-18-6-5-17-13(18)8-11(16)12-7-9-3-2-4-10(15)14(9)19-12/h2-7,11H,8,16H2,1H3. The van der Waals surface area contributed by atoms with Crippen molar-refractivity contribution in [1.29, 1.82) is 0 Å². The number of rotatable bonds is 3. The van der Waals surface area contributed by atoms with Gasteiger partial charge in [-0.1, -0.05) is 12.1 Å².